The predicted molar refractivity (Wildman–Crippen MR) is 83.7 cm³/mol. The molecular weight excluding hydrogens is 307 g/mol. The van der Waals surface area contributed by atoms with Crippen molar-refractivity contribution in [2.24, 2.45) is 16.0 Å². The number of nitrogens with one attached hydrogen (secondary N) is 1. The molecule has 1 atom stereocenters. The van der Waals surface area contributed by atoms with Crippen molar-refractivity contribution in [1.29, 1.82) is 0 Å². The van der Waals surface area contributed by atoms with Crippen molar-refractivity contribution in [2.45, 2.75) is 25.2 Å². The molecule has 1 aromatic rings. The molecule has 1 heterocycles. The first-order valence-electron chi connectivity index (χ1n) is 7.11. The van der Waals surface area contributed by atoms with Gasteiger partial charge in [-0.25, -0.2) is 22.5 Å². The highest BCUT2D eigenvalue weighted by Crippen LogP contribution is 2.15. The fraction of sp³-hybridized carbons (Fsp3) is 0.429. The number of guanidine groups is 1. The summed E-state index contributed by atoms with van der Waals surface area (Å²) < 4.78 is 40.7. The Labute approximate surface area is 129 Å². The van der Waals surface area contributed by atoms with E-state index < -0.39 is 20.7 Å². The Kier molecular flexibility index (Phi) is 5.12. The third kappa shape index (κ3) is 3.62. The van der Waals surface area contributed by atoms with Gasteiger partial charge in [-0.2, -0.15) is 5.10 Å². The first-order chi connectivity index (χ1) is 10.5. The van der Waals surface area contributed by atoms with Crippen molar-refractivity contribution in [3.05, 3.63) is 30.1 Å². The fourth-order valence-corrected chi connectivity index (χ4v) is 3.12. The average Bonchev–Trinajstić information content (AvgIpc) is 2.96. The molecule has 1 N–H and O–H groups in total. The lowest BCUT2D eigenvalue weighted by atomic mass is 10.1. The molecule has 0 saturated carbocycles. The van der Waals surface area contributed by atoms with E-state index in [1.54, 1.807) is 13.1 Å². The maximum absolute atomic E-state index is 13.7. The Bertz CT molecular complexity index is 688. The third-order valence-electron chi connectivity index (χ3n) is 3.25. The Morgan fingerprint density at radius 2 is 2.18 bits per heavy atom. The van der Waals surface area contributed by atoms with Crippen LogP contribution < -0.4 is 4.72 Å². The van der Waals surface area contributed by atoms with E-state index in [1.807, 2.05) is 6.92 Å². The first kappa shape index (κ1) is 16.4. The zero-order valence-corrected chi connectivity index (χ0v) is 13.3. The molecule has 2 rings (SSSR count). The van der Waals surface area contributed by atoms with E-state index in [1.165, 1.54) is 23.2 Å². The normalized spacial score (nSPS) is 18.8. The Morgan fingerprint density at radius 3 is 2.77 bits per heavy atom. The van der Waals surface area contributed by atoms with Gasteiger partial charge in [0.2, 0.25) is 5.96 Å². The van der Waals surface area contributed by atoms with Crippen LogP contribution in [0.3, 0.4) is 0 Å². The smallest absolute Gasteiger partial charge is 0.251 e. The van der Waals surface area contributed by atoms with Crippen LogP contribution in [-0.2, 0) is 10.0 Å². The van der Waals surface area contributed by atoms with Gasteiger partial charge in [0, 0.05) is 18.7 Å². The van der Waals surface area contributed by atoms with Crippen molar-refractivity contribution >= 4 is 22.2 Å². The van der Waals surface area contributed by atoms with E-state index in [-0.39, 0.29) is 11.9 Å². The fourth-order valence-electron chi connectivity index (χ4n) is 2.02. The van der Waals surface area contributed by atoms with E-state index in [2.05, 4.69) is 14.8 Å². The van der Waals surface area contributed by atoms with Crippen LogP contribution in [0.15, 0.2) is 39.3 Å². The van der Waals surface area contributed by atoms with E-state index in [4.69, 9.17) is 0 Å². The summed E-state index contributed by atoms with van der Waals surface area (Å²) in [6.07, 6.45) is 2.67. The van der Waals surface area contributed by atoms with Crippen LogP contribution in [-0.4, -0.2) is 38.7 Å². The highest BCUT2D eigenvalue weighted by molar-refractivity contribution is 7.90. The van der Waals surface area contributed by atoms with Gasteiger partial charge in [0.15, 0.2) is 0 Å². The second kappa shape index (κ2) is 6.87. The standard InChI is InChI=1S/C14H19FN4O2S/c1-3-11-9-17-19(10-11)14(16-4-2)18-22(20,21)13-8-6-5-7-12(13)15/h5-9,11H,3-4,10H2,1-2H3,(H,16,18). The molecule has 120 valence electrons. The van der Waals surface area contributed by atoms with Gasteiger partial charge >= 0.3 is 0 Å². The van der Waals surface area contributed by atoms with Gasteiger partial charge in [0.05, 0.1) is 6.54 Å². The quantitative estimate of drug-likeness (QED) is 0.677. The van der Waals surface area contributed by atoms with E-state index in [0.29, 0.717) is 13.1 Å². The summed E-state index contributed by atoms with van der Waals surface area (Å²) in [7, 11) is -4.05. The van der Waals surface area contributed by atoms with Crippen molar-refractivity contribution < 1.29 is 12.8 Å². The maximum atomic E-state index is 13.7. The van der Waals surface area contributed by atoms with Gasteiger partial charge in [0.25, 0.3) is 10.0 Å². The minimum absolute atomic E-state index is 0.109. The van der Waals surface area contributed by atoms with Gasteiger partial charge in [-0.3, -0.25) is 4.99 Å². The van der Waals surface area contributed by atoms with Crippen LogP contribution in [0.25, 0.3) is 0 Å². The SMILES string of the molecule is CCN=C(NS(=O)(=O)c1ccccc1F)N1CC(CC)C=N1. The predicted octanol–water partition coefficient (Wildman–Crippen LogP) is 1.81. The third-order valence-corrected chi connectivity index (χ3v) is 4.61. The van der Waals surface area contributed by atoms with E-state index in [9.17, 15) is 12.8 Å². The number of aliphatic imine (C=N–C) groups is 1. The molecule has 8 heteroatoms. The van der Waals surface area contributed by atoms with Crippen LogP contribution in [0, 0.1) is 11.7 Å². The Morgan fingerprint density at radius 1 is 1.45 bits per heavy atom. The van der Waals surface area contributed by atoms with Crippen LogP contribution >= 0.6 is 0 Å². The molecule has 0 fully saturated rings. The van der Waals surface area contributed by atoms with Crippen LogP contribution in [0.1, 0.15) is 20.3 Å². The molecule has 1 unspecified atom stereocenters. The number of hydrogen-bond acceptors (Lipinski definition) is 4. The highest BCUT2D eigenvalue weighted by Gasteiger charge is 2.26. The number of sulfonamides is 1. The van der Waals surface area contributed by atoms with Crippen LogP contribution in [0.2, 0.25) is 0 Å². The summed E-state index contributed by atoms with van der Waals surface area (Å²) in [4.78, 5) is 3.72. The monoisotopic (exact) mass is 326 g/mol. The van der Waals surface area contributed by atoms with Crippen molar-refractivity contribution in [2.75, 3.05) is 13.1 Å². The van der Waals surface area contributed by atoms with Crippen molar-refractivity contribution in [1.82, 2.24) is 9.73 Å². The number of halogens is 1. The van der Waals surface area contributed by atoms with Crippen LogP contribution in [0.4, 0.5) is 4.39 Å². The molecule has 1 aromatic carbocycles. The molecule has 0 aliphatic carbocycles. The minimum Gasteiger partial charge on any atom is -0.251 e. The lowest BCUT2D eigenvalue weighted by Crippen LogP contribution is -2.41. The summed E-state index contributed by atoms with van der Waals surface area (Å²) in [6, 6.07) is 5.22. The largest absolute Gasteiger partial charge is 0.267 e. The Hall–Kier alpha value is -1.96. The molecular formula is C14H19FN4O2S. The minimum atomic E-state index is -4.05. The molecule has 6 nitrogen and oxygen atoms in total. The van der Waals surface area contributed by atoms with Gasteiger partial charge in [-0.05, 0) is 25.5 Å². The summed E-state index contributed by atoms with van der Waals surface area (Å²) in [5.74, 6) is -0.444. The first-order valence-corrected chi connectivity index (χ1v) is 8.59. The molecule has 0 amide bonds. The van der Waals surface area contributed by atoms with Crippen molar-refractivity contribution in [3.8, 4) is 0 Å². The maximum Gasteiger partial charge on any atom is 0.267 e. The number of hydrazone groups is 1. The second-order valence-corrected chi connectivity index (χ2v) is 6.50. The van der Waals surface area contributed by atoms with E-state index in [0.717, 1.165) is 12.5 Å². The van der Waals surface area contributed by atoms with Gasteiger partial charge in [-0.15, -0.1) is 0 Å². The van der Waals surface area contributed by atoms with Gasteiger partial charge < -0.3 is 0 Å². The number of rotatable bonds is 4. The molecule has 0 radical (unpaired) electrons. The zero-order valence-electron chi connectivity index (χ0n) is 12.5. The summed E-state index contributed by atoms with van der Waals surface area (Å²) in [6.45, 7) is 4.75. The van der Waals surface area contributed by atoms with Crippen LogP contribution in [0.5, 0.6) is 0 Å². The molecule has 0 aromatic heterocycles. The topological polar surface area (TPSA) is 74.1 Å². The Balaban J connectivity index is 2.24. The molecule has 0 bridgehead atoms. The lowest BCUT2D eigenvalue weighted by molar-refractivity contribution is 0.429. The molecule has 22 heavy (non-hydrogen) atoms. The van der Waals surface area contributed by atoms with Gasteiger partial charge in [0.1, 0.15) is 10.7 Å². The second-order valence-electron chi connectivity index (χ2n) is 4.85. The molecule has 1 aliphatic heterocycles. The van der Waals surface area contributed by atoms with Gasteiger partial charge in [-0.1, -0.05) is 19.1 Å². The molecule has 1 aliphatic rings. The summed E-state index contributed by atoms with van der Waals surface area (Å²) in [5.41, 5.74) is 0. The van der Waals surface area contributed by atoms with Crippen molar-refractivity contribution in [3.63, 3.8) is 0 Å². The highest BCUT2D eigenvalue weighted by atomic mass is 32.2. The summed E-state index contributed by atoms with van der Waals surface area (Å²) in [5, 5.41) is 5.66. The lowest BCUT2D eigenvalue weighted by Gasteiger charge is -2.19. The molecule has 0 saturated heterocycles. The number of hydrogen-bond donors (Lipinski definition) is 1. The average molecular weight is 326 g/mol. The van der Waals surface area contributed by atoms with E-state index >= 15 is 0 Å². The summed E-state index contributed by atoms with van der Waals surface area (Å²) >= 11 is 0. The number of nitrogens with zero attached hydrogens (tertiary/aromatic N) is 3. The molecule has 0 spiro atoms. The zero-order chi connectivity index (χ0) is 16.2. The number of benzene rings is 1.